The highest BCUT2D eigenvalue weighted by atomic mass is 35.5. The van der Waals surface area contributed by atoms with E-state index in [1.807, 2.05) is 49.3 Å². The van der Waals surface area contributed by atoms with Gasteiger partial charge in [0.2, 0.25) is 5.91 Å². The van der Waals surface area contributed by atoms with Crippen LogP contribution in [0.25, 0.3) is 0 Å². The minimum Gasteiger partial charge on any atom is -0.352 e. The number of nitrogens with one attached hydrogen (secondary N) is 2. The molecule has 2 aromatic carbocycles. The van der Waals surface area contributed by atoms with Crippen LogP contribution < -0.4 is 10.6 Å². The van der Waals surface area contributed by atoms with Crippen LogP contribution >= 0.6 is 11.6 Å². The van der Waals surface area contributed by atoms with Crippen LogP contribution in [-0.2, 0) is 4.79 Å². The number of benzene rings is 2. The number of amides is 2. The Kier molecular flexibility index (Phi) is 7.63. The molecule has 138 valence electrons. The summed E-state index contributed by atoms with van der Waals surface area (Å²) in [5.41, 5.74) is 1.57. The second-order valence-corrected chi connectivity index (χ2v) is 6.74. The van der Waals surface area contributed by atoms with Gasteiger partial charge in [-0.15, -0.1) is 0 Å². The Bertz CT molecular complexity index is 718. The van der Waals surface area contributed by atoms with Crippen molar-refractivity contribution in [3.8, 4) is 0 Å². The Hall–Kier alpha value is -2.37. The molecule has 1 atom stereocenters. The lowest BCUT2D eigenvalue weighted by Gasteiger charge is -2.23. The molecule has 0 heterocycles. The smallest absolute Gasteiger partial charge is 0.251 e. The molecule has 2 amide bonds. The van der Waals surface area contributed by atoms with E-state index in [0.29, 0.717) is 17.1 Å². The summed E-state index contributed by atoms with van der Waals surface area (Å²) in [7, 11) is 3.93. The van der Waals surface area contributed by atoms with Crippen LogP contribution in [0.15, 0.2) is 54.6 Å². The lowest BCUT2D eigenvalue weighted by molar-refractivity contribution is -0.121. The predicted octanol–water partition coefficient (Wildman–Crippen LogP) is 2.88. The summed E-state index contributed by atoms with van der Waals surface area (Å²) in [6, 6.07) is 16.4. The maximum Gasteiger partial charge on any atom is 0.251 e. The van der Waals surface area contributed by atoms with Crippen molar-refractivity contribution in [3.05, 3.63) is 70.7 Å². The SMILES string of the molecule is CN(C)C[C@@H](NC(=O)CCNC(=O)c1ccc(Cl)cc1)c1ccccc1. The molecule has 26 heavy (non-hydrogen) atoms. The number of carbonyl (C=O) groups excluding carboxylic acids is 2. The van der Waals surface area contributed by atoms with E-state index in [-0.39, 0.29) is 30.8 Å². The molecule has 6 heteroatoms. The van der Waals surface area contributed by atoms with Crippen LogP contribution in [0, 0.1) is 0 Å². The lowest BCUT2D eigenvalue weighted by atomic mass is 10.1. The topological polar surface area (TPSA) is 61.4 Å². The highest BCUT2D eigenvalue weighted by Crippen LogP contribution is 2.13. The molecule has 0 fully saturated rings. The van der Waals surface area contributed by atoms with Gasteiger partial charge in [-0.25, -0.2) is 0 Å². The largest absolute Gasteiger partial charge is 0.352 e. The fourth-order valence-corrected chi connectivity index (χ4v) is 2.67. The highest BCUT2D eigenvalue weighted by molar-refractivity contribution is 6.30. The molecule has 0 spiro atoms. The van der Waals surface area contributed by atoms with E-state index < -0.39 is 0 Å². The van der Waals surface area contributed by atoms with Gasteiger partial charge in [0.25, 0.3) is 5.91 Å². The second kappa shape index (κ2) is 9.94. The van der Waals surface area contributed by atoms with Crippen molar-refractivity contribution in [1.29, 1.82) is 0 Å². The van der Waals surface area contributed by atoms with Gasteiger partial charge < -0.3 is 15.5 Å². The molecule has 0 saturated carbocycles. The standard InChI is InChI=1S/C20H24ClN3O2/c1-24(2)14-18(15-6-4-3-5-7-15)23-19(25)12-13-22-20(26)16-8-10-17(21)11-9-16/h3-11,18H,12-14H2,1-2H3,(H,22,26)(H,23,25)/t18-/m1/s1. The number of hydrogen-bond acceptors (Lipinski definition) is 3. The van der Waals surface area contributed by atoms with E-state index in [0.717, 1.165) is 5.56 Å². The number of nitrogens with zero attached hydrogens (tertiary/aromatic N) is 1. The Morgan fingerprint density at radius 1 is 1.04 bits per heavy atom. The molecule has 0 aliphatic heterocycles. The van der Waals surface area contributed by atoms with Gasteiger partial charge in [0.15, 0.2) is 0 Å². The van der Waals surface area contributed by atoms with Gasteiger partial charge >= 0.3 is 0 Å². The first-order valence-electron chi connectivity index (χ1n) is 8.48. The number of hydrogen-bond donors (Lipinski definition) is 2. The maximum atomic E-state index is 12.3. The average Bonchev–Trinajstić information content (AvgIpc) is 2.62. The Balaban J connectivity index is 1.84. The van der Waals surface area contributed by atoms with E-state index in [2.05, 4.69) is 10.6 Å². The van der Waals surface area contributed by atoms with E-state index in [4.69, 9.17) is 11.6 Å². The van der Waals surface area contributed by atoms with E-state index in [1.165, 1.54) is 0 Å². The fraction of sp³-hybridized carbons (Fsp3) is 0.300. The van der Waals surface area contributed by atoms with Crippen molar-refractivity contribution >= 4 is 23.4 Å². The van der Waals surface area contributed by atoms with Gasteiger partial charge in [-0.3, -0.25) is 9.59 Å². The van der Waals surface area contributed by atoms with Gasteiger partial charge in [0.1, 0.15) is 0 Å². The van der Waals surface area contributed by atoms with E-state index >= 15 is 0 Å². The number of rotatable bonds is 8. The van der Waals surface area contributed by atoms with Crippen molar-refractivity contribution < 1.29 is 9.59 Å². The van der Waals surface area contributed by atoms with Gasteiger partial charge in [-0.05, 0) is 43.9 Å². The van der Waals surface area contributed by atoms with E-state index in [1.54, 1.807) is 24.3 Å². The van der Waals surface area contributed by atoms with E-state index in [9.17, 15) is 9.59 Å². The number of likely N-dealkylation sites (N-methyl/N-ethyl adjacent to an activating group) is 1. The minimum absolute atomic E-state index is 0.0920. The zero-order valence-corrected chi connectivity index (χ0v) is 15.8. The zero-order chi connectivity index (χ0) is 18.9. The van der Waals surface area contributed by atoms with Crippen LogP contribution in [0.2, 0.25) is 5.02 Å². The van der Waals surface area contributed by atoms with Crippen LogP contribution in [-0.4, -0.2) is 43.9 Å². The fourth-order valence-electron chi connectivity index (χ4n) is 2.54. The number of halogens is 1. The maximum absolute atomic E-state index is 12.3. The van der Waals surface area contributed by atoms with Gasteiger partial charge in [0, 0.05) is 30.1 Å². The molecule has 2 rings (SSSR count). The molecule has 0 aromatic heterocycles. The van der Waals surface area contributed by atoms with Crippen molar-refractivity contribution in [2.75, 3.05) is 27.2 Å². The zero-order valence-electron chi connectivity index (χ0n) is 15.0. The van der Waals surface area contributed by atoms with Crippen molar-refractivity contribution in [3.63, 3.8) is 0 Å². The first kappa shape index (κ1) is 19.9. The number of carbonyl (C=O) groups is 2. The normalized spacial score (nSPS) is 11.8. The molecule has 0 aliphatic carbocycles. The first-order valence-corrected chi connectivity index (χ1v) is 8.86. The van der Waals surface area contributed by atoms with Crippen LogP contribution in [0.1, 0.15) is 28.4 Å². The third-order valence-corrected chi connectivity index (χ3v) is 4.08. The van der Waals surface area contributed by atoms with Gasteiger partial charge in [-0.1, -0.05) is 41.9 Å². The first-order chi connectivity index (χ1) is 12.5. The lowest BCUT2D eigenvalue weighted by Crippen LogP contribution is -2.37. The molecular weight excluding hydrogens is 350 g/mol. The predicted molar refractivity (Wildman–Crippen MR) is 104 cm³/mol. The molecule has 5 nitrogen and oxygen atoms in total. The average molecular weight is 374 g/mol. The molecule has 2 aromatic rings. The minimum atomic E-state index is -0.220. The Morgan fingerprint density at radius 3 is 2.31 bits per heavy atom. The Morgan fingerprint density at radius 2 is 1.69 bits per heavy atom. The van der Waals surface area contributed by atoms with Crippen molar-refractivity contribution in [2.24, 2.45) is 0 Å². The molecule has 0 aliphatic rings. The third-order valence-electron chi connectivity index (χ3n) is 3.83. The van der Waals surface area contributed by atoms with Crippen LogP contribution in [0.4, 0.5) is 0 Å². The molecule has 0 unspecified atom stereocenters. The summed E-state index contributed by atoms with van der Waals surface area (Å²) < 4.78 is 0. The van der Waals surface area contributed by atoms with Crippen LogP contribution in [0.5, 0.6) is 0 Å². The van der Waals surface area contributed by atoms with Crippen molar-refractivity contribution in [1.82, 2.24) is 15.5 Å². The van der Waals surface area contributed by atoms with Crippen molar-refractivity contribution in [2.45, 2.75) is 12.5 Å². The molecular formula is C20H24ClN3O2. The molecule has 0 radical (unpaired) electrons. The Labute approximate surface area is 159 Å². The summed E-state index contributed by atoms with van der Waals surface area (Å²) in [5.74, 6) is -0.320. The highest BCUT2D eigenvalue weighted by Gasteiger charge is 2.15. The summed E-state index contributed by atoms with van der Waals surface area (Å²) in [4.78, 5) is 26.3. The van der Waals surface area contributed by atoms with Gasteiger partial charge in [0.05, 0.1) is 6.04 Å². The summed E-state index contributed by atoms with van der Waals surface area (Å²) in [6.07, 6.45) is 0.218. The summed E-state index contributed by atoms with van der Waals surface area (Å²) in [5, 5.41) is 6.36. The van der Waals surface area contributed by atoms with Gasteiger partial charge in [-0.2, -0.15) is 0 Å². The quantitative estimate of drug-likeness (QED) is 0.748. The summed E-state index contributed by atoms with van der Waals surface area (Å²) in [6.45, 7) is 0.976. The summed E-state index contributed by atoms with van der Waals surface area (Å²) >= 11 is 5.81. The van der Waals surface area contributed by atoms with Crippen LogP contribution in [0.3, 0.4) is 0 Å². The second-order valence-electron chi connectivity index (χ2n) is 6.31. The third kappa shape index (κ3) is 6.50. The molecule has 2 N–H and O–H groups in total. The molecule has 0 bridgehead atoms. The monoisotopic (exact) mass is 373 g/mol. The molecule has 0 saturated heterocycles.